The van der Waals surface area contributed by atoms with Gasteiger partial charge in [0.15, 0.2) is 0 Å². The molecule has 7 heteroatoms. The van der Waals surface area contributed by atoms with E-state index in [1.54, 1.807) is 6.07 Å². The van der Waals surface area contributed by atoms with E-state index in [9.17, 15) is 15.0 Å². The van der Waals surface area contributed by atoms with Gasteiger partial charge in [-0.2, -0.15) is 0 Å². The fourth-order valence-electron chi connectivity index (χ4n) is 1.55. The van der Waals surface area contributed by atoms with Crippen molar-refractivity contribution in [2.75, 3.05) is 33.2 Å². The van der Waals surface area contributed by atoms with Crippen LogP contribution in [0, 0.1) is 0 Å². The molecule has 0 spiro atoms. The molecule has 0 unspecified atom stereocenters. The van der Waals surface area contributed by atoms with E-state index in [0.29, 0.717) is 11.5 Å². The van der Waals surface area contributed by atoms with E-state index in [1.165, 1.54) is 27.2 Å². The molecule has 0 aromatic heterocycles. The Morgan fingerprint density at radius 1 is 1.30 bits per heavy atom. The number of aliphatic hydroxyl groups excluding tert-OH is 2. The second kappa shape index (κ2) is 6.44. The maximum atomic E-state index is 12.2. The van der Waals surface area contributed by atoms with Gasteiger partial charge in [0.05, 0.1) is 44.2 Å². The molecular formula is C13H20N2O5. The van der Waals surface area contributed by atoms with Crippen molar-refractivity contribution in [2.24, 2.45) is 0 Å². The van der Waals surface area contributed by atoms with E-state index in [4.69, 9.17) is 15.2 Å². The third-order valence-electron chi connectivity index (χ3n) is 2.93. The number of ether oxygens (including phenoxy) is 2. The number of hydrogen-bond donors (Lipinski definition) is 4. The van der Waals surface area contributed by atoms with Gasteiger partial charge in [0.25, 0.3) is 5.91 Å². The van der Waals surface area contributed by atoms with Gasteiger partial charge in [0.2, 0.25) is 0 Å². The summed E-state index contributed by atoms with van der Waals surface area (Å²) in [5, 5.41) is 20.9. The molecule has 0 heterocycles. The molecule has 0 aliphatic heterocycles. The molecule has 112 valence electrons. The summed E-state index contributed by atoms with van der Waals surface area (Å²) in [6.07, 6.45) is 0. The van der Waals surface area contributed by atoms with Crippen LogP contribution in [-0.4, -0.2) is 49.1 Å². The number of nitrogen functional groups attached to an aromatic ring is 1. The van der Waals surface area contributed by atoms with Gasteiger partial charge in [0, 0.05) is 6.07 Å². The molecule has 5 N–H and O–H groups in total. The Bertz CT molecular complexity index is 486. The van der Waals surface area contributed by atoms with E-state index in [1.807, 2.05) is 0 Å². The van der Waals surface area contributed by atoms with Crippen LogP contribution in [0.1, 0.15) is 17.3 Å². The Kier molecular flexibility index (Phi) is 5.18. The Morgan fingerprint density at radius 2 is 1.90 bits per heavy atom. The molecule has 0 aliphatic carbocycles. The molecule has 7 nitrogen and oxygen atoms in total. The number of nitrogens with two attached hydrogens (primary N) is 1. The van der Waals surface area contributed by atoms with Crippen molar-refractivity contribution in [3.05, 3.63) is 17.7 Å². The molecule has 0 atom stereocenters. The summed E-state index contributed by atoms with van der Waals surface area (Å²) in [5.41, 5.74) is 5.02. The van der Waals surface area contributed by atoms with Gasteiger partial charge in [-0.25, -0.2) is 0 Å². The number of carbonyl (C=O) groups is 1. The normalized spacial score (nSPS) is 11.1. The predicted octanol–water partition coefficient (Wildman–Crippen LogP) is -0.241. The van der Waals surface area contributed by atoms with Crippen LogP contribution in [-0.2, 0) is 0 Å². The second-order valence-corrected chi connectivity index (χ2v) is 4.62. The predicted molar refractivity (Wildman–Crippen MR) is 74.0 cm³/mol. The minimum atomic E-state index is -1.14. The van der Waals surface area contributed by atoms with Gasteiger partial charge in [-0.15, -0.1) is 0 Å². The first kappa shape index (κ1) is 16.1. The topological polar surface area (TPSA) is 114 Å². The molecule has 0 saturated carbocycles. The van der Waals surface area contributed by atoms with Crippen molar-refractivity contribution in [3.63, 3.8) is 0 Å². The molecule has 1 rings (SSSR count). The lowest BCUT2D eigenvalue weighted by atomic mass is 10.0. The molecule has 1 aromatic rings. The minimum absolute atomic E-state index is 0.148. The summed E-state index contributed by atoms with van der Waals surface area (Å²) in [6.45, 7) is 0.699. The fraction of sp³-hybridized carbons (Fsp3) is 0.462. The van der Waals surface area contributed by atoms with Crippen LogP contribution in [0.5, 0.6) is 11.5 Å². The van der Waals surface area contributed by atoms with Gasteiger partial charge in [-0.3, -0.25) is 4.79 Å². The van der Waals surface area contributed by atoms with Crippen molar-refractivity contribution in [1.29, 1.82) is 0 Å². The summed E-state index contributed by atoms with van der Waals surface area (Å²) < 4.78 is 10.1. The molecule has 0 bridgehead atoms. The lowest BCUT2D eigenvalue weighted by Crippen LogP contribution is -2.51. The average Bonchev–Trinajstić information content (AvgIpc) is 2.47. The number of carbonyl (C=O) groups excluding carboxylic acids is 1. The SMILES string of the molecule is COc1cc(OC)c(N)c(C(=O)NC(C)(CO)CO)c1. The lowest BCUT2D eigenvalue weighted by Gasteiger charge is -2.26. The quantitative estimate of drug-likeness (QED) is 0.536. The first-order valence-electron chi connectivity index (χ1n) is 5.96. The molecule has 0 aliphatic rings. The summed E-state index contributed by atoms with van der Waals surface area (Å²) in [4.78, 5) is 12.2. The summed E-state index contributed by atoms with van der Waals surface area (Å²) >= 11 is 0. The van der Waals surface area contributed by atoms with Crippen LogP contribution in [0.2, 0.25) is 0 Å². The van der Waals surface area contributed by atoms with Gasteiger partial charge >= 0.3 is 0 Å². The minimum Gasteiger partial charge on any atom is -0.497 e. The van der Waals surface area contributed by atoms with Crippen molar-refractivity contribution in [3.8, 4) is 11.5 Å². The van der Waals surface area contributed by atoms with Crippen LogP contribution in [0.4, 0.5) is 5.69 Å². The standard InChI is InChI=1S/C13H20N2O5/c1-13(6-16,7-17)15-12(18)9-4-8(19-2)5-10(20-3)11(9)14/h4-5,16-17H,6-7,14H2,1-3H3,(H,15,18). The number of anilines is 1. The van der Waals surface area contributed by atoms with Gasteiger partial charge in [-0.1, -0.05) is 0 Å². The van der Waals surface area contributed by atoms with Crippen LogP contribution < -0.4 is 20.5 Å². The van der Waals surface area contributed by atoms with Crippen LogP contribution in [0.15, 0.2) is 12.1 Å². The number of amides is 1. The number of aliphatic hydroxyl groups is 2. The highest BCUT2D eigenvalue weighted by atomic mass is 16.5. The van der Waals surface area contributed by atoms with E-state index >= 15 is 0 Å². The van der Waals surface area contributed by atoms with Crippen molar-refractivity contribution in [1.82, 2.24) is 5.32 Å². The molecule has 0 radical (unpaired) electrons. The highest BCUT2D eigenvalue weighted by molar-refractivity contribution is 6.01. The molecule has 20 heavy (non-hydrogen) atoms. The van der Waals surface area contributed by atoms with E-state index in [0.717, 1.165) is 0 Å². The number of benzene rings is 1. The van der Waals surface area contributed by atoms with E-state index in [-0.39, 0.29) is 11.3 Å². The van der Waals surface area contributed by atoms with Crippen molar-refractivity contribution in [2.45, 2.75) is 12.5 Å². The van der Waals surface area contributed by atoms with Gasteiger partial charge < -0.3 is 30.7 Å². The fourth-order valence-corrected chi connectivity index (χ4v) is 1.55. The largest absolute Gasteiger partial charge is 0.497 e. The Balaban J connectivity index is 3.15. The maximum absolute atomic E-state index is 12.2. The van der Waals surface area contributed by atoms with Crippen LogP contribution in [0.25, 0.3) is 0 Å². The molecule has 1 amide bonds. The number of methoxy groups -OCH3 is 2. The Morgan fingerprint density at radius 3 is 2.35 bits per heavy atom. The van der Waals surface area contributed by atoms with Crippen LogP contribution in [0.3, 0.4) is 0 Å². The smallest absolute Gasteiger partial charge is 0.254 e. The van der Waals surface area contributed by atoms with E-state index in [2.05, 4.69) is 5.32 Å². The zero-order valence-electron chi connectivity index (χ0n) is 11.8. The number of hydrogen-bond acceptors (Lipinski definition) is 6. The zero-order valence-corrected chi connectivity index (χ0v) is 11.8. The monoisotopic (exact) mass is 284 g/mol. The van der Waals surface area contributed by atoms with Crippen molar-refractivity contribution < 1.29 is 24.5 Å². The molecular weight excluding hydrogens is 264 g/mol. The highest BCUT2D eigenvalue weighted by Gasteiger charge is 2.27. The van der Waals surface area contributed by atoms with Crippen molar-refractivity contribution >= 4 is 11.6 Å². The molecule has 1 aromatic carbocycles. The van der Waals surface area contributed by atoms with Crippen LogP contribution >= 0.6 is 0 Å². The van der Waals surface area contributed by atoms with E-state index < -0.39 is 24.7 Å². The second-order valence-electron chi connectivity index (χ2n) is 4.62. The Hall–Kier alpha value is -1.99. The average molecular weight is 284 g/mol. The molecule has 0 saturated heterocycles. The number of nitrogens with one attached hydrogen (secondary N) is 1. The van der Waals surface area contributed by atoms with Gasteiger partial charge in [0.1, 0.15) is 11.5 Å². The summed E-state index contributed by atoms with van der Waals surface area (Å²) in [7, 11) is 2.89. The third kappa shape index (κ3) is 3.31. The Labute approximate surface area is 117 Å². The third-order valence-corrected chi connectivity index (χ3v) is 2.93. The lowest BCUT2D eigenvalue weighted by molar-refractivity contribution is 0.0724. The number of rotatable bonds is 6. The van der Waals surface area contributed by atoms with Gasteiger partial charge in [-0.05, 0) is 13.0 Å². The summed E-state index contributed by atoms with van der Waals surface area (Å²) in [6, 6.07) is 3.02. The summed E-state index contributed by atoms with van der Waals surface area (Å²) in [5.74, 6) is 0.186. The first-order chi connectivity index (χ1) is 9.40. The molecule has 0 fully saturated rings. The zero-order chi connectivity index (χ0) is 15.3. The first-order valence-corrected chi connectivity index (χ1v) is 5.96. The highest BCUT2D eigenvalue weighted by Crippen LogP contribution is 2.31. The maximum Gasteiger partial charge on any atom is 0.254 e.